The van der Waals surface area contributed by atoms with Crippen LogP contribution in [0.2, 0.25) is 15.1 Å². The number of nitrogens with zero attached hydrogens (tertiary/aromatic N) is 2. The van der Waals surface area contributed by atoms with Gasteiger partial charge < -0.3 is 10.0 Å². The van der Waals surface area contributed by atoms with Gasteiger partial charge in [-0.2, -0.15) is 0 Å². The van der Waals surface area contributed by atoms with E-state index in [1.165, 1.54) is 11.1 Å². The minimum atomic E-state index is -0.868. The Hall–Kier alpha value is -1.04. The standard InChI is InChI=1S/C12H11Cl3N2O3/c1-5(12(19)20)6-3-17(4-6)11(18)10-9(15)8(14)7(13)2-16-10/h2,5-6H,3-4H2,1H3,(H,19,20). The first-order valence-electron chi connectivity index (χ1n) is 5.84. The Bertz CT molecular complexity index is 573. The molecule has 1 unspecified atom stereocenters. The molecule has 1 aliphatic heterocycles. The van der Waals surface area contributed by atoms with Crippen LogP contribution in [-0.2, 0) is 4.79 Å². The minimum absolute atomic E-state index is 0.0129. The van der Waals surface area contributed by atoms with Gasteiger partial charge in [0.2, 0.25) is 0 Å². The summed E-state index contributed by atoms with van der Waals surface area (Å²) in [5.41, 5.74) is 0.0301. The number of carboxylic acids is 1. The van der Waals surface area contributed by atoms with Crippen LogP contribution in [0.1, 0.15) is 17.4 Å². The maximum Gasteiger partial charge on any atom is 0.306 e. The first kappa shape index (κ1) is 15.4. The second kappa shape index (κ2) is 5.76. The monoisotopic (exact) mass is 336 g/mol. The number of rotatable bonds is 3. The summed E-state index contributed by atoms with van der Waals surface area (Å²) >= 11 is 17.6. The second-order valence-electron chi connectivity index (χ2n) is 4.68. The molecule has 0 aliphatic carbocycles. The van der Waals surface area contributed by atoms with Gasteiger partial charge in [0.05, 0.1) is 21.0 Å². The minimum Gasteiger partial charge on any atom is -0.481 e. The van der Waals surface area contributed by atoms with E-state index in [2.05, 4.69) is 4.98 Å². The van der Waals surface area contributed by atoms with E-state index in [0.29, 0.717) is 13.1 Å². The summed E-state index contributed by atoms with van der Waals surface area (Å²) in [6.07, 6.45) is 1.26. The first-order valence-corrected chi connectivity index (χ1v) is 6.98. The van der Waals surface area contributed by atoms with Crippen LogP contribution in [0.3, 0.4) is 0 Å². The number of amides is 1. The Labute approximate surface area is 130 Å². The number of hydrogen-bond acceptors (Lipinski definition) is 3. The van der Waals surface area contributed by atoms with Crippen molar-refractivity contribution in [2.24, 2.45) is 11.8 Å². The highest BCUT2D eigenvalue weighted by Crippen LogP contribution is 2.33. The number of carbonyl (C=O) groups is 2. The van der Waals surface area contributed by atoms with E-state index in [1.807, 2.05) is 0 Å². The van der Waals surface area contributed by atoms with Crippen LogP contribution in [0.5, 0.6) is 0 Å². The van der Waals surface area contributed by atoms with Gasteiger partial charge in [0, 0.05) is 25.2 Å². The number of carbonyl (C=O) groups excluding carboxylic acids is 1. The SMILES string of the molecule is CC(C(=O)O)C1CN(C(=O)c2ncc(Cl)c(Cl)c2Cl)C1. The summed E-state index contributed by atoms with van der Waals surface area (Å²) in [6.45, 7) is 2.36. The average molecular weight is 338 g/mol. The third-order valence-corrected chi connectivity index (χ3v) is 4.65. The van der Waals surface area contributed by atoms with Crippen molar-refractivity contribution in [2.75, 3.05) is 13.1 Å². The van der Waals surface area contributed by atoms with E-state index < -0.39 is 11.9 Å². The molecule has 1 saturated heterocycles. The van der Waals surface area contributed by atoms with Crippen molar-refractivity contribution < 1.29 is 14.7 Å². The molecule has 2 rings (SSSR count). The van der Waals surface area contributed by atoms with Gasteiger partial charge in [-0.3, -0.25) is 9.59 Å². The van der Waals surface area contributed by atoms with Crippen LogP contribution in [0.15, 0.2) is 6.20 Å². The van der Waals surface area contributed by atoms with Crippen LogP contribution in [-0.4, -0.2) is 40.0 Å². The number of aromatic nitrogens is 1. The van der Waals surface area contributed by atoms with E-state index in [1.54, 1.807) is 6.92 Å². The number of aliphatic carboxylic acids is 1. The molecular formula is C12H11Cl3N2O3. The Balaban J connectivity index is 2.08. The fourth-order valence-corrected chi connectivity index (χ4v) is 2.50. The van der Waals surface area contributed by atoms with E-state index in [-0.39, 0.29) is 32.6 Å². The molecular weight excluding hydrogens is 327 g/mol. The van der Waals surface area contributed by atoms with Gasteiger partial charge >= 0.3 is 5.97 Å². The lowest BCUT2D eigenvalue weighted by molar-refractivity contribution is -0.144. The Morgan fingerprint density at radius 1 is 1.35 bits per heavy atom. The average Bonchev–Trinajstić information content (AvgIpc) is 2.33. The van der Waals surface area contributed by atoms with Crippen molar-refractivity contribution in [3.63, 3.8) is 0 Å². The topological polar surface area (TPSA) is 70.5 Å². The third-order valence-electron chi connectivity index (χ3n) is 3.41. The summed E-state index contributed by atoms with van der Waals surface area (Å²) in [4.78, 5) is 28.4. The molecule has 1 fully saturated rings. The van der Waals surface area contributed by atoms with Crippen LogP contribution in [0.4, 0.5) is 0 Å². The highest BCUT2D eigenvalue weighted by atomic mass is 35.5. The Morgan fingerprint density at radius 2 is 1.95 bits per heavy atom. The normalized spacial score (nSPS) is 16.7. The quantitative estimate of drug-likeness (QED) is 0.920. The molecule has 0 bridgehead atoms. The molecule has 1 atom stereocenters. The van der Waals surface area contributed by atoms with Crippen LogP contribution < -0.4 is 0 Å². The molecule has 8 heteroatoms. The van der Waals surface area contributed by atoms with E-state index >= 15 is 0 Å². The molecule has 1 amide bonds. The maximum absolute atomic E-state index is 12.2. The molecule has 0 aromatic carbocycles. The smallest absolute Gasteiger partial charge is 0.306 e. The highest BCUT2D eigenvalue weighted by molar-refractivity contribution is 6.48. The van der Waals surface area contributed by atoms with Crippen molar-refractivity contribution in [3.05, 3.63) is 27.0 Å². The van der Waals surface area contributed by atoms with Gasteiger partial charge in [-0.05, 0) is 0 Å². The lowest BCUT2D eigenvalue weighted by Gasteiger charge is -2.41. The summed E-state index contributed by atoms with van der Waals surface area (Å²) in [7, 11) is 0. The lowest BCUT2D eigenvalue weighted by Crippen LogP contribution is -2.53. The molecule has 2 heterocycles. The number of carboxylic acid groups (broad SMARTS) is 1. The molecule has 5 nitrogen and oxygen atoms in total. The second-order valence-corrected chi connectivity index (χ2v) is 5.84. The molecule has 1 N–H and O–H groups in total. The fraction of sp³-hybridized carbons (Fsp3) is 0.417. The maximum atomic E-state index is 12.2. The third kappa shape index (κ3) is 2.71. The first-order chi connectivity index (χ1) is 9.32. The van der Waals surface area contributed by atoms with Crippen molar-refractivity contribution >= 4 is 46.7 Å². The molecule has 20 heavy (non-hydrogen) atoms. The number of halogens is 3. The zero-order valence-corrected chi connectivity index (χ0v) is 12.7. The molecule has 1 aromatic heterocycles. The molecule has 0 radical (unpaired) electrons. The van der Waals surface area contributed by atoms with E-state index in [9.17, 15) is 9.59 Å². The predicted octanol–water partition coefficient (Wildman–Crippen LogP) is 2.83. The Kier molecular flexibility index (Phi) is 4.42. The summed E-state index contributed by atoms with van der Waals surface area (Å²) in [5, 5.41) is 9.18. The number of likely N-dealkylation sites (tertiary alicyclic amines) is 1. The largest absolute Gasteiger partial charge is 0.481 e. The summed E-state index contributed by atoms with van der Waals surface area (Å²) in [5.74, 6) is -1.79. The van der Waals surface area contributed by atoms with Gasteiger partial charge in [0.15, 0.2) is 0 Å². The van der Waals surface area contributed by atoms with Crippen LogP contribution >= 0.6 is 34.8 Å². The zero-order valence-electron chi connectivity index (χ0n) is 10.4. The van der Waals surface area contributed by atoms with Crippen LogP contribution in [0.25, 0.3) is 0 Å². The predicted molar refractivity (Wildman–Crippen MR) is 75.5 cm³/mol. The molecule has 1 aliphatic rings. The fourth-order valence-electron chi connectivity index (χ4n) is 1.94. The molecule has 108 valence electrons. The molecule has 1 aromatic rings. The molecule has 0 spiro atoms. The highest BCUT2D eigenvalue weighted by Gasteiger charge is 2.38. The van der Waals surface area contributed by atoms with Gasteiger partial charge in [0.25, 0.3) is 5.91 Å². The van der Waals surface area contributed by atoms with E-state index in [0.717, 1.165) is 0 Å². The van der Waals surface area contributed by atoms with Crippen molar-refractivity contribution in [1.82, 2.24) is 9.88 Å². The number of pyridine rings is 1. The van der Waals surface area contributed by atoms with Crippen LogP contribution in [0, 0.1) is 11.8 Å². The molecule has 0 saturated carbocycles. The number of hydrogen-bond donors (Lipinski definition) is 1. The zero-order chi connectivity index (χ0) is 15.0. The van der Waals surface area contributed by atoms with Gasteiger partial charge in [0.1, 0.15) is 5.69 Å². The van der Waals surface area contributed by atoms with Gasteiger partial charge in [-0.1, -0.05) is 41.7 Å². The summed E-state index contributed by atoms with van der Waals surface area (Å²) in [6, 6.07) is 0. The van der Waals surface area contributed by atoms with Gasteiger partial charge in [-0.15, -0.1) is 0 Å². The lowest BCUT2D eigenvalue weighted by atomic mass is 9.87. The Morgan fingerprint density at radius 3 is 2.50 bits per heavy atom. The van der Waals surface area contributed by atoms with Crippen molar-refractivity contribution in [3.8, 4) is 0 Å². The van der Waals surface area contributed by atoms with E-state index in [4.69, 9.17) is 39.9 Å². The van der Waals surface area contributed by atoms with Crippen molar-refractivity contribution in [2.45, 2.75) is 6.92 Å². The summed E-state index contributed by atoms with van der Waals surface area (Å²) < 4.78 is 0. The van der Waals surface area contributed by atoms with Crippen molar-refractivity contribution in [1.29, 1.82) is 0 Å². The van der Waals surface area contributed by atoms with Gasteiger partial charge in [-0.25, -0.2) is 4.98 Å².